The van der Waals surface area contributed by atoms with Crippen molar-refractivity contribution in [3.05, 3.63) is 18.5 Å². The summed E-state index contributed by atoms with van der Waals surface area (Å²) in [5.74, 6) is 1.50. The first kappa shape index (κ1) is 13.8. The van der Waals surface area contributed by atoms with E-state index in [1.807, 2.05) is 12.3 Å². The van der Waals surface area contributed by atoms with Crippen LogP contribution in [-0.2, 0) is 0 Å². The number of aromatic nitrogens is 1. The molecule has 3 nitrogen and oxygen atoms in total. The summed E-state index contributed by atoms with van der Waals surface area (Å²) in [7, 11) is 0. The lowest BCUT2D eigenvalue weighted by molar-refractivity contribution is 0.240. The van der Waals surface area contributed by atoms with Crippen molar-refractivity contribution in [3.63, 3.8) is 0 Å². The van der Waals surface area contributed by atoms with Gasteiger partial charge in [0, 0.05) is 12.6 Å². The zero-order valence-corrected chi connectivity index (χ0v) is 11.2. The van der Waals surface area contributed by atoms with Crippen LogP contribution in [0.1, 0.15) is 40.0 Å². The molecule has 0 saturated carbocycles. The molecule has 0 spiro atoms. The minimum atomic E-state index is 0.641. The Kier molecular flexibility index (Phi) is 6.45. The van der Waals surface area contributed by atoms with Gasteiger partial charge in [-0.15, -0.1) is 0 Å². The lowest BCUT2D eigenvalue weighted by Gasteiger charge is -2.14. The molecule has 1 heterocycles. The Balaban J connectivity index is 2.47. The molecular formula is C14H24N2O. The summed E-state index contributed by atoms with van der Waals surface area (Å²) in [6, 6.07) is 2.02. The van der Waals surface area contributed by atoms with Crippen LogP contribution in [0, 0.1) is 5.92 Å². The lowest BCUT2D eigenvalue weighted by atomic mass is 10.1. The molecule has 0 aliphatic carbocycles. The van der Waals surface area contributed by atoms with Gasteiger partial charge in [0.15, 0.2) is 0 Å². The third-order valence-corrected chi connectivity index (χ3v) is 2.93. The van der Waals surface area contributed by atoms with E-state index in [1.54, 1.807) is 6.20 Å². The predicted octanol–water partition coefficient (Wildman–Crippen LogP) is 3.72. The van der Waals surface area contributed by atoms with Gasteiger partial charge in [0.1, 0.15) is 5.75 Å². The summed E-state index contributed by atoms with van der Waals surface area (Å²) in [6.07, 6.45) is 7.05. The molecule has 1 aromatic rings. The van der Waals surface area contributed by atoms with Gasteiger partial charge in [-0.1, -0.05) is 33.6 Å². The van der Waals surface area contributed by atoms with Crippen molar-refractivity contribution in [1.29, 1.82) is 0 Å². The Bertz CT molecular complexity index is 311. The predicted molar refractivity (Wildman–Crippen MR) is 72.6 cm³/mol. The summed E-state index contributed by atoms with van der Waals surface area (Å²) in [6.45, 7) is 8.31. The van der Waals surface area contributed by atoms with E-state index in [-0.39, 0.29) is 0 Å². The molecule has 0 amide bonds. The Morgan fingerprint density at radius 2 is 2.00 bits per heavy atom. The summed E-state index contributed by atoms with van der Waals surface area (Å²) in [5.41, 5.74) is 1.04. The van der Waals surface area contributed by atoms with Crippen LogP contribution in [0.2, 0.25) is 0 Å². The molecular weight excluding hydrogens is 212 g/mol. The topological polar surface area (TPSA) is 34.2 Å². The van der Waals surface area contributed by atoms with E-state index in [9.17, 15) is 0 Å². The molecule has 0 aliphatic rings. The minimum Gasteiger partial charge on any atom is -0.492 e. The first-order chi connectivity index (χ1) is 8.30. The van der Waals surface area contributed by atoms with Gasteiger partial charge >= 0.3 is 0 Å². The number of rotatable bonds is 8. The normalized spacial score (nSPS) is 10.6. The Morgan fingerprint density at radius 3 is 2.65 bits per heavy atom. The Hall–Kier alpha value is -1.25. The number of nitrogens with zero attached hydrogens (tertiary/aromatic N) is 1. The fourth-order valence-corrected chi connectivity index (χ4v) is 1.60. The van der Waals surface area contributed by atoms with Crippen LogP contribution in [0.25, 0.3) is 0 Å². The fourth-order valence-electron chi connectivity index (χ4n) is 1.60. The fraction of sp³-hybridized carbons (Fsp3) is 0.643. The van der Waals surface area contributed by atoms with Gasteiger partial charge in [-0.05, 0) is 12.3 Å². The summed E-state index contributed by atoms with van der Waals surface area (Å²) in [4.78, 5) is 4.18. The average Bonchev–Trinajstić information content (AvgIpc) is 2.38. The molecule has 0 unspecified atom stereocenters. The van der Waals surface area contributed by atoms with Gasteiger partial charge < -0.3 is 10.1 Å². The van der Waals surface area contributed by atoms with Gasteiger partial charge in [0.2, 0.25) is 0 Å². The molecule has 1 rings (SSSR count). The highest BCUT2D eigenvalue weighted by atomic mass is 16.5. The van der Waals surface area contributed by atoms with Crippen molar-refractivity contribution in [1.82, 2.24) is 4.98 Å². The molecule has 0 atom stereocenters. The number of ether oxygens (including phenoxy) is 1. The third-order valence-electron chi connectivity index (χ3n) is 2.93. The molecule has 0 bridgehead atoms. The van der Waals surface area contributed by atoms with Crippen LogP contribution in [0.5, 0.6) is 5.75 Å². The van der Waals surface area contributed by atoms with Crippen molar-refractivity contribution in [2.45, 2.75) is 40.0 Å². The van der Waals surface area contributed by atoms with E-state index < -0.39 is 0 Å². The second kappa shape index (κ2) is 7.93. The van der Waals surface area contributed by atoms with Gasteiger partial charge in [-0.3, -0.25) is 4.98 Å². The van der Waals surface area contributed by atoms with Crippen molar-refractivity contribution in [2.75, 3.05) is 18.5 Å². The van der Waals surface area contributed by atoms with Crippen molar-refractivity contribution < 1.29 is 4.74 Å². The monoisotopic (exact) mass is 236 g/mol. The molecule has 0 saturated heterocycles. The largest absolute Gasteiger partial charge is 0.492 e. The molecule has 3 heteroatoms. The minimum absolute atomic E-state index is 0.641. The zero-order chi connectivity index (χ0) is 12.5. The molecule has 96 valence electrons. The highest BCUT2D eigenvalue weighted by Gasteiger charge is 2.05. The maximum atomic E-state index is 5.77. The number of hydrogen-bond donors (Lipinski definition) is 1. The summed E-state index contributed by atoms with van der Waals surface area (Å²) < 4.78 is 5.77. The van der Waals surface area contributed by atoms with Crippen molar-refractivity contribution in [3.8, 4) is 5.75 Å². The number of pyridine rings is 1. The maximum Gasteiger partial charge on any atom is 0.139 e. The van der Waals surface area contributed by atoms with E-state index in [2.05, 4.69) is 31.1 Å². The Morgan fingerprint density at radius 1 is 1.24 bits per heavy atom. The van der Waals surface area contributed by atoms with E-state index in [4.69, 9.17) is 4.74 Å². The van der Waals surface area contributed by atoms with Crippen LogP contribution in [0.15, 0.2) is 18.5 Å². The molecule has 17 heavy (non-hydrogen) atoms. The van der Waals surface area contributed by atoms with Gasteiger partial charge in [-0.2, -0.15) is 0 Å². The van der Waals surface area contributed by atoms with E-state index >= 15 is 0 Å². The van der Waals surface area contributed by atoms with Crippen LogP contribution in [-0.4, -0.2) is 18.1 Å². The average molecular weight is 236 g/mol. The molecule has 0 aromatic carbocycles. The quantitative estimate of drug-likeness (QED) is 0.747. The number of anilines is 1. The van der Waals surface area contributed by atoms with Crippen LogP contribution < -0.4 is 10.1 Å². The van der Waals surface area contributed by atoms with Gasteiger partial charge in [0.25, 0.3) is 0 Å². The first-order valence-electron chi connectivity index (χ1n) is 6.61. The highest BCUT2D eigenvalue weighted by molar-refractivity contribution is 5.44. The maximum absolute atomic E-state index is 5.77. The SMILES string of the molecule is CCCNc1cncc(OCC(CC)CC)c1. The van der Waals surface area contributed by atoms with Gasteiger partial charge in [0.05, 0.1) is 24.7 Å². The molecule has 0 fully saturated rings. The number of hydrogen-bond acceptors (Lipinski definition) is 3. The van der Waals surface area contributed by atoms with Crippen LogP contribution in [0.4, 0.5) is 5.69 Å². The van der Waals surface area contributed by atoms with Crippen LogP contribution in [0.3, 0.4) is 0 Å². The second-order valence-corrected chi connectivity index (χ2v) is 4.33. The first-order valence-corrected chi connectivity index (χ1v) is 6.61. The van der Waals surface area contributed by atoms with E-state index in [0.717, 1.165) is 43.9 Å². The second-order valence-electron chi connectivity index (χ2n) is 4.33. The Labute approximate surface area is 105 Å². The smallest absolute Gasteiger partial charge is 0.139 e. The van der Waals surface area contributed by atoms with Gasteiger partial charge in [-0.25, -0.2) is 0 Å². The lowest BCUT2D eigenvalue weighted by Crippen LogP contribution is -2.10. The van der Waals surface area contributed by atoms with E-state index in [0.29, 0.717) is 5.92 Å². The zero-order valence-electron chi connectivity index (χ0n) is 11.2. The van der Waals surface area contributed by atoms with Crippen LogP contribution >= 0.6 is 0 Å². The summed E-state index contributed by atoms with van der Waals surface area (Å²) in [5, 5.41) is 3.31. The van der Waals surface area contributed by atoms with Crippen molar-refractivity contribution >= 4 is 5.69 Å². The number of nitrogens with one attached hydrogen (secondary N) is 1. The molecule has 1 N–H and O–H groups in total. The standard InChI is InChI=1S/C14H24N2O/c1-4-7-16-13-8-14(10-15-9-13)17-11-12(5-2)6-3/h8-10,12,16H,4-7,11H2,1-3H3. The molecule has 1 aromatic heterocycles. The molecule has 0 radical (unpaired) electrons. The van der Waals surface area contributed by atoms with Crippen molar-refractivity contribution in [2.24, 2.45) is 5.92 Å². The highest BCUT2D eigenvalue weighted by Crippen LogP contribution is 2.17. The molecule has 0 aliphatic heterocycles. The third kappa shape index (κ3) is 5.07. The summed E-state index contributed by atoms with van der Waals surface area (Å²) >= 11 is 0. The van der Waals surface area contributed by atoms with E-state index in [1.165, 1.54) is 0 Å².